The predicted molar refractivity (Wildman–Crippen MR) is 135 cm³/mol. The summed E-state index contributed by atoms with van der Waals surface area (Å²) in [5, 5.41) is 141. The van der Waals surface area contributed by atoms with Gasteiger partial charge in [0.15, 0.2) is 25.2 Å². The Hall–Kier alpha value is -1.13. The summed E-state index contributed by atoms with van der Waals surface area (Å²) < 4.78 is 32.3. The first-order valence-electron chi connectivity index (χ1n) is 13.9. The third kappa shape index (κ3) is 8.30. The zero-order chi connectivity index (χ0) is 33.7. The number of rotatable bonds is 14. The van der Waals surface area contributed by atoms with Crippen LogP contribution in [0.2, 0.25) is 0 Å². The van der Waals surface area contributed by atoms with Crippen LogP contribution in [0, 0.1) is 0 Å². The van der Waals surface area contributed by atoms with E-state index in [2.05, 4.69) is 0 Å². The lowest BCUT2D eigenvalue weighted by atomic mass is 9.96. The van der Waals surface area contributed by atoms with E-state index in [0.717, 1.165) is 0 Å². The fourth-order valence-electron chi connectivity index (χ4n) is 5.09. The molecular formula is C24H42O21. The van der Waals surface area contributed by atoms with Gasteiger partial charge in [0, 0.05) is 0 Å². The molecule has 19 atom stereocenters. The minimum atomic E-state index is -2.14. The van der Waals surface area contributed by atoms with Crippen molar-refractivity contribution in [1.82, 2.24) is 0 Å². The van der Waals surface area contributed by atoms with Crippen LogP contribution >= 0.6 is 0 Å². The maximum Gasteiger partial charge on any atom is 0.187 e. The van der Waals surface area contributed by atoms with Crippen LogP contribution in [0.25, 0.3) is 0 Å². The first-order chi connectivity index (χ1) is 21.2. The molecule has 3 rings (SSSR count). The van der Waals surface area contributed by atoms with E-state index >= 15 is 0 Å². The van der Waals surface area contributed by atoms with Gasteiger partial charge in [-0.25, -0.2) is 0 Å². The monoisotopic (exact) mass is 666 g/mol. The smallest absolute Gasteiger partial charge is 0.187 e. The fraction of sp³-hybridized carbons (Fsp3) is 0.958. The molecule has 0 saturated carbocycles. The normalized spacial score (nSPS) is 45.4. The zero-order valence-corrected chi connectivity index (χ0v) is 23.5. The van der Waals surface area contributed by atoms with Crippen LogP contribution in [-0.4, -0.2) is 221 Å². The Bertz CT molecular complexity index is 895. The average Bonchev–Trinajstić information content (AvgIpc) is 3.04. The molecule has 0 aliphatic carbocycles. The van der Waals surface area contributed by atoms with E-state index in [4.69, 9.17) is 28.4 Å². The van der Waals surface area contributed by atoms with E-state index in [1.807, 2.05) is 0 Å². The van der Waals surface area contributed by atoms with Crippen molar-refractivity contribution in [3.63, 3.8) is 0 Å². The quantitative estimate of drug-likeness (QED) is 0.0765. The largest absolute Gasteiger partial charge is 0.394 e. The number of hydrogen-bond donors (Lipinski definition) is 14. The summed E-state index contributed by atoms with van der Waals surface area (Å²) in [6.45, 7) is -3.71. The maximum absolute atomic E-state index is 10.9. The van der Waals surface area contributed by atoms with Crippen molar-refractivity contribution in [2.75, 3.05) is 26.4 Å². The van der Waals surface area contributed by atoms with Crippen LogP contribution in [0.5, 0.6) is 0 Å². The van der Waals surface area contributed by atoms with Crippen molar-refractivity contribution < 1.29 is 105 Å². The Labute approximate surface area is 254 Å². The second kappa shape index (κ2) is 16.8. The molecule has 3 heterocycles. The SMILES string of the molecule is O=C[C@H](O)[C@@H](O)[C@@H](O[C@@H]1O[C@H](CO)[C@H](O[C@@H]2O[C@H](CO)[C@H](O[C@@H]3O[C@H](CO)[C@H](O)[C@H](O)[C@H]3O)[C@H](O)[C@H]2O)[C@H](O)[C@H]1O)[C@H](O)CO. The number of hydrogen-bond acceptors (Lipinski definition) is 21. The van der Waals surface area contributed by atoms with Crippen molar-refractivity contribution in [2.45, 2.75) is 117 Å². The van der Waals surface area contributed by atoms with Crippen molar-refractivity contribution >= 4 is 6.29 Å². The molecule has 0 bridgehead atoms. The van der Waals surface area contributed by atoms with Crippen LogP contribution in [0.15, 0.2) is 0 Å². The van der Waals surface area contributed by atoms with Crippen LogP contribution in [0.4, 0.5) is 0 Å². The van der Waals surface area contributed by atoms with Gasteiger partial charge in [-0.05, 0) is 0 Å². The van der Waals surface area contributed by atoms with Gasteiger partial charge in [-0.3, -0.25) is 0 Å². The van der Waals surface area contributed by atoms with E-state index in [1.54, 1.807) is 0 Å². The third-order valence-corrected chi connectivity index (χ3v) is 7.76. The highest BCUT2D eigenvalue weighted by atomic mass is 16.8. The van der Waals surface area contributed by atoms with E-state index in [0.29, 0.717) is 0 Å². The Morgan fingerprint density at radius 1 is 0.578 bits per heavy atom. The van der Waals surface area contributed by atoms with Crippen molar-refractivity contribution in [2.24, 2.45) is 0 Å². The van der Waals surface area contributed by atoms with Crippen LogP contribution in [-0.2, 0) is 33.2 Å². The molecule has 3 saturated heterocycles. The molecule has 0 amide bonds. The van der Waals surface area contributed by atoms with Gasteiger partial charge >= 0.3 is 0 Å². The molecule has 21 heteroatoms. The number of ether oxygens (including phenoxy) is 6. The summed E-state index contributed by atoms with van der Waals surface area (Å²) in [6, 6.07) is 0. The molecule has 21 nitrogen and oxygen atoms in total. The molecule has 0 aromatic carbocycles. The Kier molecular flexibility index (Phi) is 14.3. The van der Waals surface area contributed by atoms with Gasteiger partial charge in [-0.15, -0.1) is 0 Å². The maximum atomic E-state index is 10.9. The lowest BCUT2D eigenvalue weighted by Crippen LogP contribution is -2.67. The molecule has 0 radical (unpaired) electrons. The minimum absolute atomic E-state index is 0.0957. The Morgan fingerprint density at radius 3 is 1.44 bits per heavy atom. The summed E-state index contributed by atoms with van der Waals surface area (Å²) >= 11 is 0. The molecule has 45 heavy (non-hydrogen) atoms. The van der Waals surface area contributed by atoms with Gasteiger partial charge in [0.1, 0.15) is 97.7 Å². The van der Waals surface area contributed by atoms with E-state index in [1.165, 1.54) is 0 Å². The molecule has 0 spiro atoms. The molecule has 264 valence electrons. The van der Waals surface area contributed by atoms with Gasteiger partial charge < -0.3 is 105 Å². The molecule has 0 aromatic rings. The van der Waals surface area contributed by atoms with Crippen LogP contribution < -0.4 is 0 Å². The van der Waals surface area contributed by atoms with Gasteiger partial charge in [0.2, 0.25) is 0 Å². The first-order valence-corrected chi connectivity index (χ1v) is 13.9. The van der Waals surface area contributed by atoms with E-state index in [-0.39, 0.29) is 6.29 Å². The van der Waals surface area contributed by atoms with Crippen molar-refractivity contribution in [3.8, 4) is 0 Å². The second-order valence-corrected chi connectivity index (χ2v) is 10.8. The second-order valence-electron chi connectivity index (χ2n) is 10.8. The molecule has 0 unspecified atom stereocenters. The standard InChI is InChI=1S/C24H42O21/c25-1-6(30)11(32)19(7(31)2-26)43-23-17(38)14(35)21(9(4-28)41-23)45-24-18(39)15(36)20(10(5-29)42-24)44-22-16(37)13(34)12(33)8(3-27)40-22/h1,6-24,26-39H,2-5H2/t6-,7+,8+,9+,10+,11+,12-,13-,14+,15+,16+,17+,18+,19-,20-,21-,22-,23-,24-/m0/s1. The fourth-order valence-corrected chi connectivity index (χ4v) is 5.09. The highest BCUT2D eigenvalue weighted by Gasteiger charge is 2.54. The number of aliphatic hydroxyl groups is 14. The number of aldehydes is 1. The van der Waals surface area contributed by atoms with Crippen LogP contribution in [0.1, 0.15) is 0 Å². The number of aliphatic hydroxyl groups excluding tert-OH is 14. The van der Waals surface area contributed by atoms with Gasteiger partial charge in [-0.2, -0.15) is 0 Å². The highest BCUT2D eigenvalue weighted by molar-refractivity contribution is 5.56. The highest BCUT2D eigenvalue weighted by Crippen LogP contribution is 2.33. The Morgan fingerprint density at radius 2 is 1.00 bits per heavy atom. The molecule has 3 aliphatic rings. The molecule has 3 aliphatic heterocycles. The summed E-state index contributed by atoms with van der Waals surface area (Å²) in [4.78, 5) is 10.9. The van der Waals surface area contributed by atoms with Gasteiger partial charge in [0.25, 0.3) is 0 Å². The van der Waals surface area contributed by atoms with Crippen LogP contribution in [0.3, 0.4) is 0 Å². The lowest BCUT2D eigenvalue weighted by Gasteiger charge is -2.48. The van der Waals surface area contributed by atoms with E-state index < -0.39 is 143 Å². The molecule has 3 fully saturated rings. The Balaban J connectivity index is 1.72. The zero-order valence-electron chi connectivity index (χ0n) is 23.5. The lowest BCUT2D eigenvalue weighted by molar-refractivity contribution is -0.383. The summed E-state index contributed by atoms with van der Waals surface area (Å²) in [7, 11) is 0. The summed E-state index contributed by atoms with van der Waals surface area (Å²) in [6.07, 6.45) is -35.6. The molecule has 0 aromatic heterocycles. The molecule has 14 N–H and O–H groups in total. The van der Waals surface area contributed by atoms with E-state index in [9.17, 15) is 76.3 Å². The summed E-state index contributed by atoms with van der Waals surface area (Å²) in [5.41, 5.74) is 0. The minimum Gasteiger partial charge on any atom is -0.394 e. The number of carbonyl (C=O) groups is 1. The predicted octanol–water partition coefficient (Wildman–Crippen LogP) is -9.91. The summed E-state index contributed by atoms with van der Waals surface area (Å²) in [5.74, 6) is 0. The topological polar surface area (TPSA) is 356 Å². The van der Waals surface area contributed by atoms with Gasteiger partial charge in [-0.1, -0.05) is 0 Å². The molecular weight excluding hydrogens is 624 g/mol. The van der Waals surface area contributed by atoms with Gasteiger partial charge in [0.05, 0.1) is 26.4 Å². The number of carbonyl (C=O) groups excluding carboxylic acids is 1. The first kappa shape index (κ1) is 38.3. The third-order valence-electron chi connectivity index (χ3n) is 7.76. The van der Waals surface area contributed by atoms with Crippen molar-refractivity contribution in [3.05, 3.63) is 0 Å². The van der Waals surface area contributed by atoms with Crippen molar-refractivity contribution in [1.29, 1.82) is 0 Å². The average molecular weight is 667 g/mol.